The molecular weight excluding hydrogens is 360 g/mol. The third-order valence-corrected chi connectivity index (χ3v) is 7.54. The molecule has 1 amide bonds. The number of amides is 1. The summed E-state index contributed by atoms with van der Waals surface area (Å²) < 4.78 is 0.508. The lowest BCUT2D eigenvalue weighted by Gasteiger charge is -2.21. The number of hydrogen-bond donors (Lipinski definition) is 1. The first kappa shape index (κ1) is 19.2. The van der Waals surface area contributed by atoms with Crippen LogP contribution in [-0.2, 0) is 0 Å². The van der Waals surface area contributed by atoms with E-state index in [1.165, 1.54) is 29.2 Å². The van der Waals surface area contributed by atoms with Gasteiger partial charge in [-0.15, -0.1) is 23.5 Å². The molecule has 0 spiro atoms. The Morgan fingerprint density at radius 2 is 1.62 bits per heavy atom. The minimum Gasteiger partial charge on any atom is -0.372 e. The van der Waals surface area contributed by atoms with E-state index < -0.39 is 0 Å². The Balaban J connectivity index is 1.62. The van der Waals surface area contributed by atoms with Crippen LogP contribution in [0.15, 0.2) is 48.5 Å². The lowest BCUT2D eigenvalue weighted by molar-refractivity contribution is 0.102. The molecule has 1 aliphatic heterocycles. The zero-order chi connectivity index (χ0) is 18.4. The van der Waals surface area contributed by atoms with E-state index in [1.807, 2.05) is 47.8 Å². The normalized spacial score (nSPS) is 14.8. The van der Waals surface area contributed by atoms with E-state index in [0.717, 1.165) is 18.8 Å². The van der Waals surface area contributed by atoms with Crippen LogP contribution >= 0.6 is 23.5 Å². The van der Waals surface area contributed by atoms with E-state index in [-0.39, 0.29) is 5.91 Å². The zero-order valence-electron chi connectivity index (χ0n) is 15.4. The number of thioether (sulfide) groups is 2. The predicted octanol–water partition coefficient (Wildman–Crippen LogP) is 5.65. The van der Waals surface area contributed by atoms with Gasteiger partial charge in [0.1, 0.15) is 0 Å². The number of rotatable bonds is 6. The number of nitrogens with zero attached hydrogens (tertiary/aromatic N) is 1. The van der Waals surface area contributed by atoms with Crippen molar-refractivity contribution >= 4 is 40.8 Å². The summed E-state index contributed by atoms with van der Waals surface area (Å²) in [5.41, 5.74) is 4.01. The molecule has 0 bridgehead atoms. The van der Waals surface area contributed by atoms with Crippen LogP contribution in [0.4, 0.5) is 11.4 Å². The average molecular weight is 387 g/mol. The predicted molar refractivity (Wildman–Crippen MR) is 117 cm³/mol. The highest BCUT2D eigenvalue weighted by molar-refractivity contribution is 8.16. The van der Waals surface area contributed by atoms with Gasteiger partial charge in [-0.25, -0.2) is 0 Å². The molecule has 0 aromatic heterocycles. The highest BCUT2D eigenvalue weighted by Crippen LogP contribution is 2.43. The number of hydrogen-bond acceptors (Lipinski definition) is 4. The molecule has 0 aliphatic carbocycles. The van der Waals surface area contributed by atoms with Gasteiger partial charge in [0, 0.05) is 30.0 Å². The van der Waals surface area contributed by atoms with Gasteiger partial charge in [-0.1, -0.05) is 12.1 Å². The molecule has 1 fully saturated rings. The summed E-state index contributed by atoms with van der Waals surface area (Å²) in [5.74, 6) is 2.39. The third kappa shape index (κ3) is 4.77. The quantitative estimate of drug-likeness (QED) is 0.695. The van der Waals surface area contributed by atoms with Gasteiger partial charge in [0.2, 0.25) is 0 Å². The number of nitrogens with one attached hydrogen (secondary N) is 1. The molecular formula is C21H26N2OS2. The van der Waals surface area contributed by atoms with Crippen LogP contribution in [0.25, 0.3) is 0 Å². The standard InChI is InChI=1S/C21H26N2OS2/c1-3-23(4-2)19-12-10-18(11-13-19)22-20(24)16-6-8-17(9-7-16)21-25-14-5-15-26-21/h6-13,21H,3-5,14-15H2,1-2H3,(H,22,24). The fraction of sp³-hybridized carbons (Fsp3) is 0.381. The van der Waals surface area contributed by atoms with Gasteiger partial charge in [0.15, 0.2) is 0 Å². The molecule has 0 saturated carbocycles. The summed E-state index contributed by atoms with van der Waals surface area (Å²) in [5, 5.41) is 2.99. The molecule has 1 N–H and O–H groups in total. The highest BCUT2D eigenvalue weighted by Gasteiger charge is 2.17. The van der Waals surface area contributed by atoms with Gasteiger partial charge < -0.3 is 10.2 Å². The molecule has 138 valence electrons. The van der Waals surface area contributed by atoms with Crippen LogP contribution in [0.5, 0.6) is 0 Å². The van der Waals surface area contributed by atoms with E-state index >= 15 is 0 Å². The Bertz CT molecular complexity index is 706. The fourth-order valence-corrected chi connectivity index (χ4v) is 5.91. The first-order chi connectivity index (χ1) is 12.7. The van der Waals surface area contributed by atoms with Crippen molar-refractivity contribution in [3.8, 4) is 0 Å². The van der Waals surface area contributed by atoms with Crippen molar-refractivity contribution in [1.82, 2.24) is 0 Å². The van der Waals surface area contributed by atoms with Crippen LogP contribution in [0.3, 0.4) is 0 Å². The fourth-order valence-electron chi connectivity index (χ4n) is 3.02. The lowest BCUT2D eigenvalue weighted by Crippen LogP contribution is -2.21. The Hall–Kier alpha value is -1.59. The summed E-state index contributed by atoms with van der Waals surface area (Å²) in [7, 11) is 0. The van der Waals surface area contributed by atoms with Crippen LogP contribution in [-0.4, -0.2) is 30.5 Å². The minimum absolute atomic E-state index is 0.0592. The van der Waals surface area contributed by atoms with Crippen molar-refractivity contribution in [2.75, 3.05) is 34.8 Å². The van der Waals surface area contributed by atoms with Crippen molar-refractivity contribution in [1.29, 1.82) is 0 Å². The second-order valence-electron chi connectivity index (χ2n) is 6.22. The summed E-state index contributed by atoms with van der Waals surface area (Å²) in [6.45, 7) is 6.25. The van der Waals surface area contributed by atoms with Crippen molar-refractivity contribution in [2.45, 2.75) is 24.9 Å². The topological polar surface area (TPSA) is 32.3 Å². The first-order valence-corrected chi connectivity index (χ1v) is 11.3. The van der Waals surface area contributed by atoms with E-state index in [0.29, 0.717) is 10.1 Å². The van der Waals surface area contributed by atoms with Crippen LogP contribution in [0.2, 0.25) is 0 Å². The Labute approximate surface area is 164 Å². The van der Waals surface area contributed by atoms with Crippen molar-refractivity contribution in [2.24, 2.45) is 0 Å². The Morgan fingerprint density at radius 1 is 1.00 bits per heavy atom. The molecule has 3 nitrogen and oxygen atoms in total. The molecule has 1 aliphatic rings. The van der Waals surface area contributed by atoms with Crippen LogP contribution in [0.1, 0.15) is 40.8 Å². The van der Waals surface area contributed by atoms with Gasteiger partial charge in [-0.3, -0.25) is 4.79 Å². The summed E-state index contributed by atoms with van der Waals surface area (Å²) in [6.07, 6.45) is 1.29. The van der Waals surface area contributed by atoms with Gasteiger partial charge in [-0.2, -0.15) is 0 Å². The number of benzene rings is 2. The number of carbonyl (C=O) groups excluding carboxylic acids is 1. The molecule has 5 heteroatoms. The van der Waals surface area contributed by atoms with E-state index in [1.54, 1.807) is 0 Å². The minimum atomic E-state index is -0.0592. The number of anilines is 2. The van der Waals surface area contributed by atoms with Crippen molar-refractivity contribution in [3.05, 3.63) is 59.7 Å². The molecule has 0 unspecified atom stereocenters. The second-order valence-corrected chi connectivity index (χ2v) is 8.95. The third-order valence-electron chi connectivity index (χ3n) is 4.53. The van der Waals surface area contributed by atoms with E-state index in [9.17, 15) is 4.79 Å². The van der Waals surface area contributed by atoms with Gasteiger partial charge >= 0.3 is 0 Å². The smallest absolute Gasteiger partial charge is 0.255 e. The average Bonchev–Trinajstić information content (AvgIpc) is 2.71. The maximum atomic E-state index is 12.5. The van der Waals surface area contributed by atoms with E-state index in [2.05, 4.69) is 48.3 Å². The molecule has 3 rings (SSSR count). The Kier molecular flexibility index (Phi) is 6.92. The largest absolute Gasteiger partial charge is 0.372 e. The van der Waals surface area contributed by atoms with Crippen molar-refractivity contribution < 1.29 is 4.79 Å². The summed E-state index contributed by atoms with van der Waals surface area (Å²) in [4.78, 5) is 14.8. The SMILES string of the molecule is CCN(CC)c1ccc(NC(=O)c2ccc(C3SCCCS3)cc2)cc1. The molecule has 1 saturated heterocycles. The molecule has 26 heavy (non-hydrogen) atoms. The monoisotopic (exact) mass is 386 g/mol. The Morgan fingerprint density at radius 3 is 2.19 bits per heavy atom. The van der Waals surface area contributed by atoms with E-state index in [4.69, 9.17) is 0 Å². The summed E-state index contributed by atoms with van der Waals surface area (Å²) >= 11 is 4.00. The molecule has 1 heterocycles. The molecule has 2 aromatic rings. The van der Waals surface area contributed by atoms with Crippen LogP contribution < -0.4 is 10.2 Å². The molecule has 0 atom stereocenters. The maximum absolute atomic E-state index is 12.5. The maximum Gasteiger partial charge on any atom is 0.255 e. The zero-order valence-corrected chi connectivity index (χ0v) is 17.0. The molecule has 2 aromatic carbocycles. The highest BCUT2D eigenvalue weighted by atomic mass is 32.2. The first-order valence-electron chi connectivity index (χ1n) is 9.20. The van der Waals surface area contributed by atoms with Gasteiger partial charge in [0.05, 0.1) is 4.58 Å². The lowest BCUT2D eigenvalue weighted by atomic mass is 10.1. The number of carbonyl (C=O) groups is 1. The molecule has 0 radical (unpaired) electrons. The van der Waals surface area contributed by atoms with Crippen LogP contribution in [0, 0.1) is 0 Å². The van der Waals surface area contributed by atoms with Gasteiger partial charge in [0.25, 0.3) is 5.91 Å². The van der Waals surface area contributed by atoms with Crippen molar-refractivity contribution in [3.63, 3.8) is 0 Å². The summed E-state index contributed by atoms with van der Waals surface area (Å²) in [6, 6.07) is 16.1. The van der Waals surface area contributed by atoms with Gasteiger partial charge in [-0.05, 0) is 73.7 Å². The second kappa shape index (κ2) is 9.38.